The summed E-state index contributed by atoms with van der Waals surface area (Å²) < 4.78 is 5.28. The van der Waals surface area contributed by atoms with Gasteiger partial charge in [0.1, 0.15) is 0 Å². The molecule has 0 spiro atoms. The largest absolute Gasteiger partial charge is 0.378 e. The second-order valence-corrected chi connectivity index (χ2v) is 3.92. The van der Waals surface area contributed by atoms with Crippen LogP contribution in [0.25, 0.3) is 0 Å². The third kappa shape index (κ3) is 2.80. The molecule has 80 valence electrons. The van der Waals surface area contributed by atoms with Crippen LogP contribution in [-0.4, -0.2) is 30.4 Å². The van der Waals surface area contributed by atoms with Crippen molar-refractivity contribution < 1.29 is 14.3 Å². The minimum atomic E-state index is -0.390. The Balaban J connectivity index is 2.39. The fourth-order valence-electron chi connectivity index (χ4n) is 1.43. The maximum Gasteiger partial charge on any atom is 0.226 e. The van der Waals surface area contributed by atoms with Gasteiger partial charge in [-0.05, 0) is 27.2 Å². The van der Waals surface area contributed by atoms with Gasteiger partial charge < -0.3 is 10.1 Å². The summed E-state index contributed by atoms with van der Waals surface area (Å²) in [7, 11) is 0. The van der Waals surface area contributed by atoms with Gasteiger partial charge in [0.15, 0.2) is 5.78 Å². The highest BCUT2D eigenvalue weighted by atomic mass is 16.5. The SMILES string of the molecule is CC(=O)C(C)NC(=O)C1COC(C)C1. The van der Waals surface area contributed by atoms with Crippen LogP contribution < -0.4 is 5.32 Å². The normalized spacial score (nSPS) is 28.5. The molecule has 0 bridgehead atoms. The van der Waals surface area contributed by atoms with E-state index in [0.717, 1.165) is 6.42 Å². The number of amides is 1. The molecule has 0 aromatic heterocycles. The van der Waals surface area contributed by atoms with Crippen molar-refractivity contribution in [3.05, 3.63) is 0 Å². The predicted molar refractivity (Wildman–Crippen MR) is 51.8 cm³/mol. The van der Waals surface area contributed by atoms with Crippen molar-refractivity contribution in [2.75, 3.05) is 6.61 Å². The highest BCUT2D eigenvalue weighted by Gasteiger charge is 2.29. The highest BCUT2D eigenvalue weighted by Crippen LogP contribution is 2.18. The summed E-state index contributed by atoms with van der Waals surface area (Å²) in [5.41, 5.74) is 0. The zero-order valence-corrected chi connectivity index (χ0v) is 8.87. The Hall–Kier alpha value is -0.900. The summed E-state index contributed by atoms with van der Waals surface area (Å²) in [6, 6.07) is -0.390. The topological polar surface area (TPSA) is 55.4 Å². The molecule has 0 aromatic rings. The molecule has 1 rings (SSSR count). The molecule has 1 amide bonds. The van der Waals surface area contributed by atoms with Crippen LogP contribution in [0.4, 0.5) is 0 Å². The fourth-order valence-corrected chi connectivity index (χ4v) is 1.43. The first-order valence-electron chi connectivity index (χ1n) is 4.93. The third-order valence-corrected chi connectivity index (χ3v) is 2.54. The van der Waals surface area contributed by atoms with Crippen molar-refractivity contribution in [3.8, 4) is 0 Å². The van der Waals surface area contributed by atoms with E-state index in [0.29, 0.717) is 6.61 Å². The van der Waals surface area contributed by atoms with E-state index in [9.17, 15) is 9.59 Å². The molecular weight excluding hydrogens is 182 g/mol. The smallest absolute Gasteiger partial charge is 0.226 e. The average Bonchev–Trinajstić information content (AvgIpc) is 2.51. The first-order valence-corrected chi connectivity index (χ1v) is 4.93. The Morgan fingerprint density at radius 1 is 1.50 bits per heavy atom. The first-order chi connectivity index (χ1) is 6.50. The van der Waals surface area contributed by atoms with Crippen molar-refractivity contribution in [2.45, 2.75) is 39.3 Å². The molecule has 3 unspecified atom stereocenters. The van der Waals surface area contributed by atoms with E-state index >= 15 is 0 Å². The van der Waals surface area contributed by atoms with Gasteiger partial charge in [-0.2, -0.15) is 0 Å². The molecule has 1 N–H and O–H groups in total. The lowest BCUT2D eigenvalue weighted by Gasteiger charge is -2.13. The Morgan fingerprint density at radius 2 is 2.14 bits per heavy atom. The molecular formula is C10H17NO3. The highest BCUT2D eigenvalue weighted by molar-refractivity contribution is 5.88. The monoisotopic (exact) mass is 199 g/mol. The zero-order chi connectivity index (χ0) is 10.7. The minimum Gasteiger partial charge on any atom is -0.378 e. The van der Waals surface area contributed by atoms with E-state index < -0.39 is 6.04 Å². The van der Waals surface area contributed by atoms with Gasteiger partial charge in [-0.3, -0.25) is 9.59 Å². The maximum absolute atomic E-state index is 11.6. The van der Waals surface area contributed by atoms with E-state index in [1.54, 1.807) is 6.92 Å². The van der Waals surface area contributed by atoms with Crippen LogP contribution in [0.1, 0.15) is 27.2 Å². The second-order valence-electron chi connectivity index (χ2n) is 3.92. The van der Waals surface area contributed by atoms with Gasteiger partial charge >= 0.3 is 0 Å². The third-order valence-electron chi connectivity index (χ3n) is 2.54. The van der Waals surface area contributed by atoms with Crippen LogP contribution in [0.5, 0.6) is 0 Å². The number of hydrogen-bond donors (Lipinski definition) is 1. The van der Waals surface area contributed by atoms with Gasteiger partial charge in [0.2, 0.25) is 5.91 Å². The molecule has 0 saturated carbocycles. The summed E-state index contributed by atoms with van der Waals surface area (Å²) in [5, 5.41) is 2.67. The summed E-state index contributed by atoms with van der Waals surface area (Å²) in [6.45, 7) is 5.58. The minimum absolute atomic E-state index is 0.0229. The number of rotatable bonds is 3. The molecule has 14 heavy (non-hydrogen) atoms. The van der Waals surface area contributed by atoms with Crippen LogP contribution in [0.3, 0.4) is 0 Å². The number of nitrogens with one attached hydrogen (secondary N) is 1. The summed E-state index contributed by atoms with van der Waals surface area (Å²) in [6.07, 6.45) is 0.898. The predicted octanol–water partition coefficient (Wildman–Crippen LogP) is 0.505. The van der Waals surface area contributed by atoms with E-state index in [1.165, 1.54) is 6.92 Å². The van der Waals surface area contributed by atoms with Gasteiger partial charge in [-0.1, -0.05) is 0 Å². The molecule has 1 aliphatic rings. The Morgan fingerprint density at radius 3 is 2.57 bits per heavy atom. The Labute approximate surface area is 84.0 Å². The van der Waals surface area contributed by atoms with E-state index in [2.05, 4.69) is 5.32 Å². The lowest BCUT2D eigenvalue weighted by atomic mass is 10.0. The first kappa shape index (κ1) is 11.2. The second kappa shape index (κ2) is 4.55. The van der Waals surface area contributed by atoms with E-state index in [4.69, 9.17) is 4.74 Å². The fraction of sp³-hybridized carbons (Fsp3) is 0.800. The van der Waals surface area contributed by atoms with Crippen molar-refractivity contribution in [1.29, 1.82) is 0 Å². The molecule has 1 heterocycles. The molecule has 0 radical (unpaired) electrons. The molecule has 4 heteroatoms. The van der Waals surface area contributed by atoms with Crippen LogP contribution in [-0.2, 0) is 14.3 Å². The molecule has 3 atom stereocenters. The molecule has 4 nitrogen and oxygen atoms in total. The molecule has 1 aliphatic heterocycles. The van der Waals surface area contributed by atoms with E-state index in [-0.39, 0.29) is 23.7 Å². The quantitative estimate of drug-likeness (QED) is 0.720. The van der Waals surface area contributed by atoms with Crippen LogP contribution in [0, 0.1) is 5.92 Å². The van der Waals surface area contributed by atoms with Crippen molar-refractivity contribution >= 4 is 11.7 Å². The molecule has 0 aromatic carbocycles. The molecule has 0 aliphatic carbocycles. The number of carbonyl (C=O) groups is 2. The molecule has 1 fully saturated rings. The van der Waals surface area contributed by atoms with Crippen molar-refractivity contribution in [3.63, 3.8) is 0 Å². The van der Waals surface area contributed by atoms with E-state index in [1.807, 2.05) is 6.92 Å². The standard InChI is InChI=1S/C10H17NO3/c1-6-4-9(5-14-6)10(13)11-7(2)8(3)12/h6-7,9H,4-5H2,1-3H3,(H,11,13). The van der Waals surface area contributed by atoms with Crippen molar-refractivity contribution in [1.82, 2.24) is 5.32 Å². The van der Waals surface area contributed by atoms with Crippen LogP contribution in [0.2, 0.25) is 0 Å². The van der Waals surface area contributed by atoms with Gasteiger partial charge in [-0.25, -0.2) is 0 Å². The number of ketones is 1. The summed E-state index contributed by atoms with van der Waals surface area (Å²) in [5.74, 6) is -0.186. The Bertz CT molecular complexity index is 240. The van der Waals surface area contributed by atoms with Gasteiger partial charge in [0.05, 0.1) is 24.7 Å². The van der Waals surface area contributed by atoms with Gasteiger partial charge in [0, 0.05) is 0 Å². The lowest BCUT2D eigenvalue weighted by Crippen LogP contribution is -2.41. The van der Waals surface area contributed by atoms with Crippen LogP contribution >= 0.6 is 0 Å². The zero-order valence-electron chi connectivity index (χ0n) is 8.87. The van der Waals surface area contributed by atoms with Gasteiger partial charge in [0.25, 0.3) is 0 Å². The van der Waals surface area contributed by atoms with Gasteiger partial charge in [-0.15, -0.1) is 0 Å². The number of Topliss-reactive ketones (excluding diaryl/α,β-unsaturated/α-hetero) is 1. The Kier molecular flexibility index (Phi) is 3.63. The average molecular weight is 199 g/mol. The number of ether oxygens (including phenoxy) is 1. The summed E-state index contributed by atoms with van der Waals surface area (Å²) >= 11 is 0. The number of carbonyl (C=O) groups excluding carboxylic acids is 2. The number of hydrogen-bond acceptors (Lipinski definition) is 3. The molecule has 1 saturated heterocycles. The summed E-state index contributed by atoms with van der Waals surface area (Å²) in [4.78, 5) is 22.5. The maximum atomic E-state index is 11.6. The lowest BCUT2D eigenvalue weighted by molar-refractivity contribution is -0.129. The van der Waals surface area contributed by atoms with Crippen molar-refractivity contribution in [2.24, 2.45) is 5.92 Å². The van der Waals surface area contributed by atoms with Crippen LogP contribution in [0.15, 0.2) is 0 Å².